The lowest BCUT2D eigenvalue weighted by Crippen LogP contribution is -2.30. The predicted octanol–water partition coefficient (Wildman–Crippen LogP) is 1.56. The molecule has 0 aromatic carbocycles. The minimum absolute atomic E-state index is 0.411. The predicted molar refractivity (Wildman–Crippen MR) is 62.9 cm³/mol. The molecule has 3 nitrogen and oxygen atoms in total. The first kappa shape index (κ1) is 11.4. The number of alkyl halides is 1. The lowest BCUT2D eigenvalue weighted by atomic mass is 10.1. The molecule has 0 spiro atoms. The van der Waals surface area contributed by atoms with Gasteiger partial charge >= 0.3 is 0 Å². The Morgan fingerprint density at radius 2 is 2.35 bits per heavy atom. The van der Waals surface area contributed by atoms with Crippen molar-refractivity contribution in [2.45, 2.75) is 12.2 Å². The first-order valence-electron chi connectivity index (χ1n) is 5.09. The Bertz CT molecular complexity index is 516. The number of halogens is 1. The quantitative estimate of drug-likeness (QED) is 0.784. The minimum Gasteiger partial charge on any atom is -0.457 e. The molecule has 2 atom stereocenters. The number of hydrogen-bond acceptors (Lipinski definition) is 3. The summed E-state index contributed by atoms with van der Waals surface area (Å²) < 4.78 is 18.8. The van der Waals surface area contributed by atoms with Crippen molar-refractivity contribution in [3.05, 3.63) is 48.0 Å². The van der Waals surface area contributed by atoms with E-state index >= 15 is 0 Å². The van der Waals surface area contributed by atoms with Crippen LogP contribution >= 0.6 is 0 Å². The molecule has 0 saturated heterocycles. The SMILES string of the molecule is C#Cc1cc(OC2=CC(F)C(N)C=C2)ccn1. The van der Waals surface area contributed by atoms with E-state index in [1.807, 2.05) is 0 Å². The van der Waals surface area contributed by atoms with Crippen LogP contribution < -0.4 is 10.5 Å². The van der Waals surface area contributed by atoms with Crippen molar-refractivity contribution in [2.24, 2.45) is 5.73 Å². The summed E-state index contributed by atoms with van der Waals surface area (Å²) in [7, 11) is 0. The van der Waals surface area contributed by atoms with Crippen LogP contribution in [0.3, 0.4) is 0 Å². The van der Waals surface area contributed by atoms with Crippen molar-refractivity contribution >= 4 is 0 Å². The molecule has 0 amide bonds. The molecular formula is C13H11FN2O. The van der Waals surface area contributed by atoms with Gasteiger partial charge in [-0.05, 0) is 18.2 Å². The Hall–Kier alpha value is -2.12. The molecule has 1 aromatic heterocycles. The van der Waals surface area contributed by atoms with Crippen molar-refractivity contribution in [1.29, 1.82) is 0 Å². The molecule has 4 heteroatoms. The lowest BCUT2D eigenvalue weighted by molar-refractivity contribution is 0.346. The van der Waals surface area contributed by atoms with Crippen molar-refractivity contribution in [1.82, 2.24) is 4.98 Å². The molecule has 0 bridgehead atoms. The van der Waals surface area contributed by atoms with Gasteiger partial charge < -0.3 is 10.5 Å². The van der Waals surface area contributed by atoms with Gasteiger partial charge in [0.15, 0.2) is 0 Å². The summed E-state index contributed by atoms with van der Waals surface area (Å²) in [6, 6.07) is 2.65. The highest BCUT2D eigenvalue weighted by Crippen LogP contribution is 2.19. The zero-order valence-corrected chi connectivity index (χ0v) is 9.01. The van der Waals surface area contributed by atoms with Crippen molar-refractivity contribution < 1.29 is 9.13 Å². The van der Waals surface area contributed by atoms with E-state index in [4.69, 9.17) is 16.9 Å². The first-order valence-corrected chi connectivity index (χ1v) is 5.09. The number of nitrogens with two attached hydrogens (primary N) is 1. The second kappa shape index (κ2) is 4.81. The highest BCUT2D eigenvalue weighted by atomic mass is 19.1. The van der Waals surface area contributed by atoms with E-state index in [2.05, 4.69) is 10.9 Å². The topological polar surface area (TPSA) is 48.1 Å². The summed E-state index contributed by atoms with van der Waals surface area (Å²) in [5, 5.41) is 0. The fourth-order valence-electron chi connectivity index (χ4n) is 1.39. The summed E-state index contributed by atoms with van der Waals surface area (Å²) in [4.78, 5) is 3.93. The van der Waals surface area contributed by atoms with E-state index in [-0.39, 0.29) is 0 Å². The average Bonchev–Trinajstić information content (AvgIpc) is 2.34. The summed E-state index contributed by atoms with van der Waals surface area (Å²) in [5.74, 6) is 3.33. The Kier molecular flexibility index (Phi) is 3.22. The zero-order valence-electron chi connectivity index (χ0n) is 9.01. The molecule has 0 fully saturated rings. The number of aromatic nitrogens is 1. The van der Waals surface area contributed by atoms with Crippen molar-refractivity contribution in [3.63, 3.8) is 0 Å². The van der Waals surface area contributed by atoms with Crippen LogP contribution in [0.4, 0.5) is 4.39 Å². The smallest absolute Gasteiger partial charge is 0.141 e. The van der Waals surface area contributed by atoms with E-state index in [9.17, 15) is 4.39 Å². The average molecular weight is 230 g/mol. The summed E-state index contributed by atoms with van der Waals surface area (Å²) in [6.45, 7) is 0. The monoisotopic (exact) mass is 230 g/mol. The second-order valence-corrected chi connectivity index (χ2v) is 3.57. The molecule has 0 radical (unpaired) electrons. The van der Waals surface area contributed by atoms with Gasteiger partial charge in [-0.1, -0.05) is 12.0 Å². The molecule has 1 heterocycles. The normalized spacial score (nSPS) is 22.8. The van der Waals surface area contributed by atoms with Crippen LogP contribution in [0, 0.1) is 12.3 Å². The van der Waals surface area contributed by atoms with Crippen LogP contribution in [0.15, 0.2) is 42.3 Å². The first-order chi connectivity index (χ1) is 8.19. The van der Waals surface area contributed by atoms with E-state index in [0.717, 1.165) is 0 Å². The molecular weight excluding hydrogens is 219 g/mol. The molecule has 2 rings (SSSR count). The molecule has 2 N–H and O–H groups in total. The number of terminal acetylenes is 1. The number of hydrogen-bond donors (Lipinski definition) is 1. The van der Waals surface area contributed by atoms with Gasteiger partial charge in [0.25, 0.3) is 0 Å². The summed E-state index contributed by atoms with van der Waals surface area (Å²) >= 11 is 0. The van der Waals surface area contributed by atoms with E-state index in [1.165, 1.54) is 12.3 Å². The van der Waals surface area contributed by atoms with Crippen LogP contribution in [0.5, 0.6) is 5.75 Å². The lowest BCUT2D eigenvalue weighted by Gasteiger charge is -2.16. The van der Waals surface area contributed by atoms with Crippen molar-refractivity contribution in [3.8, 4) is 18.1 Å². The fraction of sp³-hybridized carbons (Fsp3) is 0.154. The standard InChI is InChI=1S/C13H11FN2O/c1-2-9-7-11(5-6-16-9)17-10-3-4-13(15)12(14)8-10/h1,3-8,12-13H,15H2. The number of allylic oxidation sites excluding steroid dienone is 1. The number of ether oxygens (including phenoxy) is 1. The Labute approximate surface area is 98.8 Å². The van der Waals surface area contributed by atoms with Gasteiger partial charge in [0.05, 0.1) is 6.04 Å². The van der Waals surface area contributed by atoms with Gasteiger partial charge in [-0.25, -0.2) is 9.37 Å². The molecule has 0 aliphatic heterocycles. The maximum absolute atomic E-state index is 13.3. The minimum atomic E-state index is -1.23. The second-order valence-electron chi connectivity index (χ2n) is 3.57. The maximum Gasteiger partial charge on any atom is 0.141 e. The highest BCUT2D eigenvalue weighted by Gasteiger charge is 2.17. The van der Waals surface area contributed by atoms with Gasteiger partial charge in [0, 0.05) is 12.3 Å². The third kappa shape index (κ3) is 2.71. The van der Waals surface area contributed by atoms with Crippen LogP contribution in [0.2, 0.25) is 0 Å². The molecule has 2 unspecified atom stereocenters. The fourth-order valence-corrected chi connectivity index (χ4v) is 1.39. The number of pyridine rings is 1. The van der Waals surface area contributed by atoms with Gasteiger partial charge in [0.2, 0.25) is 0 Å². The molecule has 1 aromatic rings. The van der Waals surface area contributed by atoms with E-state index in [0.29, 0.717) is 17.2 Å². The van der Waals surface area contributed by atoms with E-state index in [1.54, 1.807) is 24.3 Å². The van der Waals surface area contributed by atoms with Gasteiger partial charge in [-0.15, -0.1) is 6.42 Å². The summed E-state index contributed by atoms with van der Waals surface area (Å²) in [5.41, 5.74) is 5.95. The maximum atomic E-state index is 13.3. The molecule has 0 saturated carbocycles. The Morgan fingerprint density at radius 3 is 3.06 bits per heavy atom. The van der Waals surface area contributed by atoms with Gasteiger partial charge in [-0.3, -0.25) is 0 Å². The largest absolute Gasteiger partial charge is 0.457 e. The van der Waals surface area contributed by atoms with Crippen LogP contribution in [0.1, 0.15) is 5.69 Å². The number of rotatable bonds is 2. The Morgan fingerprint density at radius 1 is 1.53 bits per heavy atom. The third-order valence-electron chi connectivity index (χ3n) is 2.29. The van der Waals surface area contributed by atoms with Gasteiger partial charge in [0.1, 0.15) is 23.4 Å². The van der Waals surface area contributed by atoms with E-state index < -0.39 is 12.2 Å². The summed E-state index contributed by atoms with van der Waals surface area (Å²) in [6.07, 6.45) is 10.1. The van der Waals surface area contributed by atoms with Crippen LogP contribution in [-0.4, -0.2) is 17.2 Å². The highest BCUT2D eigenvalue weighted by molar-refractivity contribution is 5.35. The molecule has 86 valence electrons. The zero-order chi connectivity index (χ0) is 12.3. The van der Waals surface area contributed by atoms with Crippen LogP contribution in [0.25, 0.3) is 0 Å². The van der Waals surface area contributed by atoms with Crippen molar-refractivity contribution in [2.75, 3.05) is 0 Å². The number of nitrogens with zero attached hydrogens (tertiary/aromatic N) is 1. The third-order valence-corrected chi connectivity index (χ3v) is 2.29. The molecule has 17 heavy (non-hydrogen) atoms. The van der Waals surface area contributed by atoms with Crippen LogP contribution in [-0.2, 0) is 0 Å². The van der Waals surface area contributed by atoms with Gasteiger partial charge in [-0.2, -0.15) is 0 Å². The Balaban J connectivity index is 2.14. The molecule has 1 aliphatic rings. The molecule has 1 aliphatic carbocycles.